The average molecular weight is 399 g/mol. The first kappa shape index (κ1) is 20.1. The molecule has 0 saturated carbocycles. The van der Waals surface area contributed by atoms with E-state index in [1.54, 1.807) is 16.9 Å². The Labute approximate surface area is 169 Å². The number of carbonyl (C=O) groups excluding carboxylic acids is 1. The summed E-state index contributed by atoms with van der Waals surface area (Å²) < 4.78 is 15.2. The number of allylic oxidation sites excluding steroid dienone is 3. The van der Waals surface area contributed by atoms with Crippen molar-refractivity contribution in [1.82, 2.24) is 15.1 Å². The van der Waals surface area contributed by atoms with Crippen LogP contribution in [0.4, 0.5) is 4.39 Å². The fourth-order valence-electron chi connectivity index (χ4n) is 3.34. The highest BCUT2D eigenvalue weighted by Crippen LogP contribution is 2.30. The number of nitrogens with zero attached hydrogens (tertiary/aromatic N) is 2. The van der Waals surface area contributed by atoms with Crippen molar-refractivity contribution in [2.75, 3.05) is 6.54 Å². The van der Waals surface area contributed by atoms with E-state index >= 15 is 0 Å². The molecule has 146 valence electrons. The number of rotatable bonds is 6. The summed E-state index contributed by atoms with van der Waals surface area (Å²) >= 11 is 5.51. The lowest BCUT2D eigenvalue weighted by Gasteiger charge is -2.22. The summed E-state index contributed by atoms with van der Waals surface area (Å²) in [5.74, 6) is -0.556. The van der Waals surface area contributed by atoms with Gasteiger partial charge in [0.25, 0.3) is 5.91 Å². The van der Waals surface area contributed by atoms with Gasteiger partial charge in [0.1, 0.15) is 5.82 Å². The fraction of sp³-hybridized carbons (Fsp3) is 0.286. The third-order valence-electron chi connectivity index (χ3n) is 4.84. The smallest absolute Gasteiger partial charge is 0.252 e. The number of hydrogen-bond donors (Lipinski definition) is 2. The van der Waals surface area contributed by atoms with E-state index in [4.69, 9.17) is 18.0 Å². The van der Waals surface area contributed by atoms with E-state index in [-0.39, 0.29) is 24.3 Å². The van der Waals surface area contributed by atoms with Crippen LogP contribution >= 0.6 is 12.2 Å². The van der Waals surface area contributed by atoms with Gasteiger partial charge in [0.15, 0.2) is 0 Å². The molecule has 7 heteroatoms. The summed E-state index contributed by atoms with van der Waals surface area (Å²) in [4.78, 5) is 13.4. The van der Waals surface area contributed by atoms with Crippen LogP contribution in [0.3, 0.4) is 0 Å². The molecule has 3 rings (SSSR count). The molecule has 0 unspecified atom stereocenters. The number of hydrogen-bond acceptors (Lipinski definition) is 4. The highest BCUT2D eigenvalue weighted by Gasteiger charge is 2.24. The van der Waals surface area contributed by atoms with Crippen LogP contribution in [0.25, 0.3) is 5.57 Å². The Balaban J connectivity index is 1.76. The predicted molar refractivity (Wildman–Crippen MR) is 112 cm³/mol. The monoisotopic (exact) mass is 398 g/mol. The van der Waals surface area contributed by atoms with Crippen molar-refractivity contribution in [2.24, 2.45) is 12.8 Å². The van der Waals surface area contributed by atoms with Gasteiger partial charge in [0, 0.05) is 37.1 Å². The number of thiocarbonyl (C=S) groups is 1. The Bertz CT molecular complexity index is 976. The molecule has 5 nitrogen and oxygen atoms in total. The normalized spacial score (nSPS) is 15.4. The summed E-state index contributed by atoms with van der Waals surface area (Å²) in [6, 6.07) is 7.93. The lowest BCUT2D eigenvalue weighted by Crippen LogP contribution is -2.43. The third-order valence-corrected chi connectivity index (χ3v) is 5.20. The third kappa shape index (κ3) is 4.43. The molecule has 1 heterocycles. The standard InChI is InChI=1S/C21H23FN4OS/c1-13-8-18(20(28)11-17(13)19-6-7-24-26(19)2)21(27)25-16(12-23)10-14-4-3-5-15(22)9-14/h3-9,16H,10-12,23H2,1-2H3,(H,25,27)/t16-/m0/s1. The Kier molecular flexibility index (Phi) is 6.16. The largest absolute Gasteiger partial charge is 0.348 e. The Hall–Kier alpha value is -2.64. The molecule has 1 aliphatic carbocycles. The van der Waals surface area contributed by atoms with Crippen molar-refractivity contribution in [1.29, 1.82) is 0 Å². The molecule has 2 aromatic rings. The van der Waals surface area contributed by atoms with E-state index in [1.165, 1.54) is 12.1 Å². The van der Waals surface area contributed by atoms with Gasteiger partial charge in [-0.1, -0.05) is 24.4 Å². The topological polar surface area (TPSA) is 72.9 Å². The van der Waals surface area contributed by atoms with Gasteiger partial charge in [0.05, 0.1) is 11.3 Å². The number of benzene rings is 1. The molecule has 1 atom stereocenters. The maximum absolute atomic E-state index is 13.4. The molecule has 1 aromatic carbocycles. The second-order valence-corrected chi connectivity index (χ2v) is 7.39. The zero-order valence-corrected chi connectivity index (χ0v) is 16.7. The highest BCUT2D eigenvalue weighted by atomic mass is 32.1. The second kappa shape index (κ2) is 8.58. The Morgan fingerprint density at radius 1 is 1.43 bits per heavy atom. The molecule has 1 aliphatic rings. The van der Waals surface area contributed by atoms with Gasteiger partial charge in [0.2, 0.25) is 0 Å². The summed E-state index contributed by atoms with van der Waals surface area (Å²) in [6.07, 6.45) is 4.52. The minimum absolute atomic E-state index is 0.247. The number of amides is 1. The zero-order chi connectivity index (χ0) is 20.3. The van der Waals surface area contributed by atoms with E-state index in [0.717, 1.165) is 22.4 Å². The first-order valence-electron chi connectivity index (χ1n) is 9.07. The van der Waals surface area contributed by atoms with Crippen LogP contribution in [-0.4, -0.2) is 33.1 Å². The van der Waals surface area contributed by atoms with Crippen molar-refractivity contribution >= 4 is 28.6 Å². The number of carbonyl (C=O) groups is 1. The molecular weight excluding hydrogens is 375 g/mol. The molecule has 28 heavy (non-hydrogen) atoms. The first-order valence-corrected chi connectivity index (χ1v) is 9.48. The van der Waals surface area contributed by atoms with Crippen LogP contribution in [0.5, 0.6) is 0 Å². The van der Waals surface area contributed by atoms with Crippen molar-refractivity contribution in [3.63, 3.8) is 0 Å². The summed E-state index contributed by atoms with van der Waals surface area (Å²) in [5, 5.41) is 7.13. The molecule has 1 aromatic heterocycles. The van der Waals surface area contributed by atoms with Crippen LogP contribution in [-0.2, 0) is 18.3 Å². The molecule has 1 amide bonds. The maximum atomic E-state index is 13.4. The number of nitrogens with two attached hydrogens (primary N) is 1. The Morgan fingerprint density at radius 2 is 2.21 bits per heavy atom. The number of aromatic nitrogens is 2. The van der Waals surface area contributed by atoms with Gasteiger partial charge >= 0.3 is 0 Å². The number of halogens is 1. The predicted octanol–water partition coefficient (Wildman–Crippen LogP) is 2.72. The van der Waals surface area contributed by atoms with Crippen molar-refractivity contribution in [3.8, 4) is 0 Å². The second-order valence-electron chi connectivity index (χ2n) is 6.90. The molecule has 0 spiro atoms. The van der Waals surface area contributed by atoms with Gasteiger partial charge in [-0.3, -0.25) is 9.48 Å². The van der Waals surface area contributed by atoms with Crippen LogP contribution in [0.2, 0.25) is 0 Å². The van der Waals surface area contributed by atoms with Crippen LogP contribution in [0, 0.1) is 5.82 Å². The first-order chi connectivity index (χ1) is 13.4. The van der Waals surface area contributed by atoms with Crippen LogP contribution in [0.15, 0.2) is 53.8 Å². The van der Waals surface area contributed by atoms with Gasteiger partial charge in [-0.2, -0.15) is 5.10 Å². The van der Waals surface area contributed by atoms with E-state index in [2.05, 4.69) is 10.4 Å². The van der Waals surface area contributed by atoms with Gasteiger partial charge in [-0.25, -0.2) is 4.39 Å². The zero-order valence-electron chi connectivity index (χ0n) is 15.9. The lowest BCUT2D eigenvalue weighted by atomic mass is 9.90. The maximum Gasteiger partial charge on any atom is 0.252 e. The highest BCUT2D eigenvalue weighted by molar-refractivity contribution is 7.81. The fourth-order valence-corrected chi connectivity index (χ4v) is 3.63. The number of aryl methyl sites for hydroxylation is 1. The van der Waals surface area contributed by atoms with Crippen molar-refractivity contribution in [3.05, 3.63) is 70.8 Å². The lowest BCUT2D eigenvalue weighted by molar-refractivity contribution is -0.117. The number of nitrogens with one attached hydrogen (secondary N) is 1. The molecular formula is C21H23FN4OS. The van der Waals surface area contributed by atoms with Gasteiger partial charge in [-0.05, 0) is 54.3 Å². The molecule has 0 radical (unpaired) electrons. The average Bonchev–Trinajstić information content (AvgIpc) is 3.08. The minimum Gasteiger partial charge on any atom is -0.348 e. The summed E-state index contributed by atoms with van der Waals surface area (Å²) in [7, 11) is 1.88. The quantitative estimate of drug-likeness (QED) is 0.734. The van der Waals surface area contributed by atoms with E-state index in [9.17, 15) is 9.18 Å². The summed E-state index contributed by atoms with van der Waals surface area (Å²) in [5.41, 5.74) is 10.1. The van der Waals surface area contributed by atoms with Crippen molar-refractivity contribution < 1.29 is 9.18 Å². The molecule has 0 aliphatic heterocycles. The van der Waals surface area contributed by atoms with Gasteiger partial charge in [-0.15, -0.1) is 0 Å². The van der Waals surface area contributed by atoms with E-state index in [1.807, 2.05) is 32.2 Å². The Morgan fingerprint density at radius 3 is 2.86 bits per heavy atom. The van der Waals surface area contributed by atoms with E-state index < -0.39 is 0 Å². The minimum atomic E-state index is -0.306. The van der Waals surface area contributed by atoms with Gasteiger partial charge < -0.3 is 11.1 Å². The molecule has 3 N–H and O–H groups in total. The van der Waals surface area contributed by atoms with E-state index in [0.29, 0.717) is 23.3 Å². The SMILES string of the molecule is CC1=C(c2ccnn2C)CC(=S)C(C(=O)N[C@H](CN)Cc2cccc(F)c2)=C1. The van der Waals surface area contributed by atoms with Crippen LogP contribution < -0.4 is 11.1 Å². The van der Waals surface area contributed by atoms with Crippen LogP contribution in [0.1, 0.15) is 24.6 Å². The molecule has 0 bridgehead atoms. The molecule has 0 fully saturated rings. The molecule has 0 saturated heterocycles. The summed E-state index contributed by atoms with van der Waals surface area (Å²) in [6.45, 7) is 2.21. The van der Waals surface area contributed by atoms with Crippen molar-refractivity contribution in [2.45, 2.75) is 25.8 Å².